The van der Waals surface area contributed by atoms with Crippen molar-refractivity contribution in [2.24, 2.45) is 5.41 Å². The first kappa shape index (κ1) is 14.2. The summed E-state index contributed by atoms with van der Waals surface area (Å²) in [6.07, 6.45) is 7.47. The highest BCUT2D eigenvalue weighted by Crippen LogP contribution is 2.57. The Hall–Kier alpha value is 0.230. The van der Waals surface area contributed by atoms with Gasteiger partial charge in [-0.1, -0.05) is 6.42 Å². The van der Waals surface area contributed by atoms with E-state index in [0.717, 1.165) is 43.9 Å². The molecule has 2 unspecified atom stereocenters. The lowest BCUT2D eigenvalue weighted by Crippen LogP contribution is -2.68. The molecule has 110 valence electrons. The number of nitrogens with one attached hydrogen (secondary N) is 1. The summed E-state index contributed by atoms with van der Waals surface area (Å²) < 4.78 is 5.88. The van der Waals surface area contributed by atoms with E-state index in [0.29, 0.717) is 17.6 Å². The molecule has 19 heavy (non-hydrogen) atoms. The van der Waals surface area contributed by atoms with Gasteiger partial charge in [0.25, 0.3) is 0 Å². The summed E-state index contributed by atoms with van der Waals surface area (Å²) in [5.41, 5.74) is -0.0390. The van der Waals surface area contributed by atoms with Crippen molar-refractivity contribution in [2.75, 3.05) is 24.7 Å². The first-order valence-corrected chi connectivity index (χ1v) is 8.99. The maximum atomic E-state index is 10.6. The van der Waals surface area contributed by atoms with E-state index in [1.165, 1.54) is 19.3 Å². The Balaban J connectivity index is 1.51. The molecule has 2 atom stereocenters. The van der Waals surface area contributed by atoms with Crippen LogP contribution >= 0.6 is 11.8 Å². The molecule has 0 aromatic carbocycles. The number of thioether (sulfide) groups is 1. The van der Waals surface area contributed by atoms with E-state index in [9.17, 15) is 5.11 Å². The molecular formula is C15H27NO2S. The Morgan fingerprint density at radius 2 is 2.00 bits per heavy atom. The molecule has 3 rings (SSSR count). The number of aliphatic hydroxyl groups is 1. The Morgan fingerprint density at radius 1 is 1.26 bits per heavy atom. The molecule has 2 aliphatic carbocycles. The molecule has 0 radical (unpaired) electrons. The van der Waals surface area contributed by atoms with Crippen LogP contribution in [0.25, 0.3) is 0 Å². The molecule has 1 saturated heterocycles. The molecule has 3 aliphatic rings. The maximum Gasteiger partial charge on any atom is 0.0787 e. The molecule has 1 heterocycles. The van der Waals surface area contributed by atoms with E-state index in [-0.39, 0.29) is 0 Å². The first-order valence-electron chi connectivity index (χ1n) is 7.84. The van der Waals surface area contributed by atoms with Crippen LogP contribution in [-0.4, -0.2) is 47.5 Å². The van der Waals surface area contributed by atoms with E-state index in [1.54, 1.807) is 0 Å². The van der Waals surface area contributed by atoms with Crippen molar-refractivity contribution < 1.29 is 9.84 Å². The second-order valence-electron chi connectivity index (χ2n) is 6.54. The summed E-state index contributed by atoms with van der Waals surface area (Å²) >= 11 is 1.97. The normalized spacial score (nSPS) is 35.7. The van der Waals surface area contributed by atoms with Crippen LogP contribution in [0, 0.1) is 5.41 Å². The van der Waals surface area contributed by atoms with Crippen LogP contribution in [0.1, 0.15) is 45.4 Å². The molecule has 0 aromatic rings. The quantitative estimate of drug-likeness (QED) is 0.812. The fourth-order valence-electron chi connectivity index (χ4n) is 3.97. The van der Waals surface area contributed by atoms with Crippen molar-refractivity contribution in [1.82, 2.24) is 5.32 Å². The predicted molar refractivity (Wildman–Crippen MR) is 79.6 cm³/mol. The molecule has 0 bridgehead atoms. The second-order valence-corrected chi connectivity index (χ2v) is 7.76. The monoisotopic (exact) mass is 285 g/mol. The van der Waals surface area contributed by atoms with E-state index in [1.807, 2.05) is 11.8 Å². The molecular weight excluding hydrogens is 258 g/mol. The Kier molecular flexibility index (Phi) is 4.14. The molecule has 2 saturated carbocycles. The van der Waals surface area contributed by atoms with Gasteiger partial charge in [0.15, 0.2) is 0 Å². The first-order chi connectivity index (χ1) is 9.19. The van der Waals surface area contributed by atoms with Crippen LogP contribution in [0.5, 0.6) is 0 Å². The van der Waals surface area contributed by atoms with Crippen LogP contribution in [-0.2, 0) is 4.74 Å². The summed E-state index contributed by atoms with van der Waals surface area (Å²) in [4.78, 5) is 0. The average molecular weight is 285 g/mol. The third-order valence-corrected chi connectivity index (χ3v) is 6.52. The lowest BCUT2D eigenvalue weighted by Gasteiger charge is -2.61. The Morgan fingerprint density at radius 3 is 2.58 bits per heavy atom. The number of ether oxygens (including phenoxy) is 1. The Labute approximate surface area is 120 Å². The fourth-order valence-corrected chi connectivity index (χ4v) is 5.22. The highest BCUT2D eigenvalue weighted by molar-refractivity contribution is 7.99. The highest BCUT2D eigenvalue weighted by atomic mass is 32.2. The fraction of sp³-hybridized carbons (Fsp3) is 1.00. The van der Waals surface area contributed by atoms with Gasteiger partial charge in [0.05, 0.1) is 11.7 Å². The topological polar surface area (TPSA) is 41.5 Å². The minimum Gasteiger partial charge on any atom is -0.389 e. The van der Waals surface area contributed by atoms with Gasteiger partial charge in [0, 0.05) is 24.6 Å². The van der Waals surface area contributed by atoms with Crippen LogP contribution in [0.4, 0.5) is 0 Å². The molecule has 4 heteroatoms. The van der Waals surface area contributed by atoms with Crippen LogP contribution in [0.2, 0.25) is 0 Å². The standard InChI is InChI=1S/C15H27NO2S/c1-2-18-13-10-12(15(13)4-3-5-15)16-11-14(17)6-8-19-9-7-14/h12-13,16-17H,2-11H2,1H3. The van der Waals surface area contributed by atoms with Gasteiger partial charge in [0.2, 0.25) is 0 Å². The van der Waals surface area contributed by atoms with Gasteiger partial charge in [-0.2, -0.15) is 11.8 Å². The van der Waals surface area contributed by atoms with Gasteiger partial charge < -0.3 is 15.2 Å². The van der Waals surface area contributed by atoms with E-state index in [4.69, 9.17) is 4.74 Å². The highest BCUT2D eigenvalue weighted by Gasteiger charge is 2.58. The third-order valence-electron chi connectivity index (χ3n) is 5.54. The summed E-state index contributed by atoms with van der Waals surface area (Å²) in [6.45, 7) is 3.70. The predicted octanol–water partition coefficient (Wildman–Crippen LogP) is 2.18. The zero-order chi connectivity index (χ0) is 13.3. The summed E-state index contributed by atoms with van der Waals surface area (Å²) in [7, 11) is 0. The number of hydrogen-bond acceptors (Lipinski definition) is 4. The molecule has 3 nitrogen and oxygen atoms in total. The van der Waals surface area contributed by atoms with E-state index >= 15 is 0 Å². The number of hydrogen-bond donors (Lipinski definition) is 2. The van der Waals surface area contributed by atoms with Gasteiger partial charge in [-0.05, 0) is 50.5 Å². The number of rotatable bonds is 5. The van der Waals surface area contributed by atoms with E-state index < -0.39 is 5.60 Å². The van der Waals surface area contributed by atoms with Gasteiger partial charge in [-0.3, -0.25) is 0 Å². The third kappa shape index (κ3) is 2.57. The van der Waals surface area contributed by atoms with Gasteiger partial charge in [-0.25, -0.2) is 0 Å². The summed E-state index contributed by atoms with van der Waals surface area (Å²) in [6, 6.07) is 0.580. The van der Waals surface area contributed by atoms with Crippen molar-refractivity contribution in [3.05, 3.63) is 0 Å². The van der Waals surface area contributed by atoms with Crippen LogP contribution in [0.3, 0.4) is 0 Å². The van der Waals surface area contributed by atoms with Crippen molar-refractivity contribution in [2.45, 2.75) is 63.2 Å². The van der Waals surface area contributed by atoms with Crippen LogP contribution < -0.4 is 5.32 Å². The molecule has 0 amide bonds. The van der Waals surface area contributed by atoms with Crippen molar-refractivity contribution in [3.8, 4) is 0 Å². The van der Waals surface area contributed by atoms with Crippen molar-refractivity contribution >= 4 is 11.8 Å². The molecule has 1 aliphatic heterocycles. The summed E-state index contributed by atoms with van der Waals surface area (Å²) in [5.74, 6) is 2.21. The minimum absolute atomic E-state index is 0.412. The van der Waals surface area contributed by atoms with E-state index in [2.05, 4.69) is 12.2 Å². The average Bonchev–Trinajstić information content (AvgIpc) is 2.31. The van der Waals surface area contributed by atoms with Crippen molar-refractivity contribution in [3.63, 3.8) is 0 Å². The SMILES string of the molecule is CCOC1CC(NCC2(O)CCSCC2)C12CCC2. The summed E-state index contributed by atoms with van der Waals surface area (Å²) in [5, 5.41) is 14.2. The van der Waals surface area contributed by atoms with Gasteiger partial charge in [0.1, 0.15) is 0 Å². The molecule has 0 aromatic heterocycles. The maximum absolute atomic E-state index is 10.6. The Bertz CT molecular complexity index is 313. The lowest BCUT2D eigenvalue weighted by molar-refractivity contribution is -0.175. The van der Waals surface area contributed by atoms with Crippen LogP contribution in [0.15, 0.2) is 0 Å². The second kappa shape index (κ2) is 5.55. The lowest BCUT2D eigenvalue weighted by atomic mass is 9.51. The zero-order valence-corrected chi connectivity index (χ0v) is 12.8. The molecule has 3 fully saturated rings. The molecule has 2 N–H and O–H groups in total. The van der Waals surface area contributed by atoms with Crippen molar-refractivity contribution in [1.29, 1.82) is 0 Å². The largest absolute Gasteiger partial charge is 0.389 e. The minimum atomic E-state index is -0.452. The zero-order valence-electron chi connectivity index (χ0n) is 12.0. The van der Waals surface area contributed by atoms with Gasteiger partial charge in [-0.15, -0.1) is 0 Å². The van der Waals surface area contributed by atoms with Gasteiger partial charge >= 0.3 is 0 Å². The molecule has 1 spiro atoms. The smallest absolute Gasteiger partial charge is 0.0787 e.